The summed E-state index contributed by atoms with van der Waals surface area (Å²) in [5.74, 6) is -1.64. The molecule has 18 heavy (non-hydrogen) atoms. The highest BCUT2D eigenvalue weighted by Crippen LogP contribution is 2.29. The third-order valence-corrected chi connectivity index (χ3v) is 3.19. The third kappa shape index (κ3) is 3.07. The van der Waals surface area contributed by atoms with Crippen LogP contribution in [-0.4, -0.2) is 28.4 Å². The minimum atomic E-state index is -1.16. The van der Waals surface area contributed by atoms with Gasteiger partial charge >= 0.3 is 5.97 Å². The van der Waals surface area contributed by atoms with Crippen LogP contribution in [0.5, 0.6) is 0 Å². The Bertz CT molecular complexity index is 465. The van der Waals surface area contributed by atoms with E-state index in [1.807, 2.05) is 0 Å². The first kappa shape index (κ1) is 14.6. The van der Waals surface area contributed by atoms with Crippen LogP contribution in [0.3, 0.4) is 0 Å². The molecule has 98 valence electrons. The van der Waals surface area contributed by atoms with Crippen LogP contribution in [0.2, 0.25) is 0 Å². The molecule has 0 aromatic heterocycles. The predicted molar refractivity (Wildman–Crippen MR) is 67.5 cm³/mol. The fraction of sp³-hybridized carbons (Fsp3) is 0.333. The minimum Gasteiger partial charge on any atom is -0.479 e. The lowest BCUT2D eigenvalue weighted by atomic mass is 10.0. The molecule has 1 amide bonds. The van der Waals surface area contributed by atoms with Crippen molar-refractivity contribution < 1.29 is 19.1 Å². The van der Waals surface area contributed by atoms with Crippen molar-refractivity contribution in [3.05, 3.63) is 34.1 Å². The number of carbonyl (C=O) groups is 2. The van der Waals surface area contributed by atoms with Gasteiger partial charge in [0.15, 0.2) is 6.04 Å². The molecule has 1 aromatic carbocycles. The van der Waals surface area contributed by atoms with Gasteiger partial charge in [-0.1, -0.05) is 22.0 Å². The first-order chi connectivity index (χ1) is 8.38. The molecule has 1 N–H and O–H groups in total. The number of aliphatic carboxylic acids is 1. The second-order valence-corrected chi connectivity index (χ2v) is 4.91. The Labute approximate surface area is 113 Å². The number of hydrogen-bond acceptors (Lipinski definition) is 2. The number of carboxylic acids is 1. The van der Waals surface area contributed by atoms with Crippen molar-refractivity contribution in [3.8, 4) is 0 Å². The third-order valence-electron chi connectivity index (χ3n) is 2.51. The quantitative estimate of drug-likeness (QED) is 0.849. The molecule has 0 heterocycles. The van der Waals surface area contributed by atoms with Gasteiger partial charge in [-0.2, -0.15) is 0 Å². The van der Waals surface area contributed by atoms with Gasteiger partial charge in [0.25, 0.3) is 0 Å². The van der Waals surface area contributed by atoms with Gasteiger partial charge in [-0.05, 0) is 26.0 Å². The number of hydrogen-bond donors (Lipinski definition) is 1. The molecule has 4 nitrogen and oxygen atoms in total. The highest BCUT2D eigenvalue weighted by Gasteiger charge is 2.30. The molecule has 0 aliphatic heterocycles. The topological polar surface area (TPSA) is 57.6 Å². The van der Waals surface area contributed by atoms with Gasteiger partial charge in [0.2, 0.25) is 6.41 Å². The number of amides is 1. The van der Waals surface area contributed by atoms with Gasteiger partial charge < -0.3 is 10.0 Å². The normalized spacial score (nSPS) is 12.3. The standard InChI is InChI=1S/C12H13BrFNO3/c1-7(2)15(6-16)11(12(17)18)9-4-3-8(14)5-10(9)13/h3-7,11H,1-2H3,(H,17,18). The number of halogens is 2. The molecule has 0 saturated heterocycles. The van der Waals surface area contributed by atoms with Crippen LogP contribution < -0.4 is 0 Å². The van der Waals surface area contributed by atoms with E-state index < -0.39 is 17.8 Å². The Kier molecular flexibility index (Phi) is 4.84. The summed E-state index contributed by atoms with van der Waals surface area (Å²) in [7, 11) is 0. The number of carbonyl (C=O) groups excluding carboxylic acids is 1. The molecule has 6 heteroatoms. The molecule has 1 rings (SSSR count). The van der Waals surface area contributed by atoms with E-state index in [-0.39, 0.29) is 6.04 Å². The van der Waals surface area contributed by atoms with Crippen molar-refractivity contribution in [1.82, 2.24) is 4.90 Å². The Balaban J connectivity index is 3.27. The zero-order valence-corrected chi connectivity index (χ0v) is 11.5. The minimum absolute atomic E-state index is 0.277. The largest absolute Gasteiger partial charge is 0.479 e. The van der Waals surface area contributed by atoms with E-state index in [2.05, 4.69) is 15.9 Å². The Morgan fingerprint density at radius 3 is 2.50 bits per heavy atom. The smallest absolute Gasteiger partial charge is 0.331 e. The highest BCUT2D eigenvalue weighted by atomic mass is 79.9. The molecule has 1 aromatic rings. The molecule has 0 aliphatic carbocycles. The lowest BCUT2D eigenvalue weighted by molar-refractivity contribution is -0.148. The number of nitrogens with zero attached hydrogens (tertiary/aromatic N) is 1. The van der Waals surface area contributed by atoms with Crippen LogP contribution in [0.4, 0.5) is 4.39 Å². The van der Waals surface area contributed by atoms with Crippen LogP contribution in [0.15, 0.2) is 22.7 Å². The van der Waals surface area contributed by atoms with E-state index in [1.165, 1.54) is 23.1 Å². The zero-order chi connectivity index (χ0) is 13.9. The maximum absolute atomic E-state index is 13.0. The average molecular weight is 318 g/mol. The first-order valence-corrected chi connectivity index (χ1v) is 6.08. The van der Waals surface area contributed by atoms with E-state index in [4.69, 9.17) is 0 Å². The van der Waals surface area contributed by atoms with Crippen molar-refractivity contribution >= 4 is 28.3 Å². The molecule has 0 aliphatic rings. The summed E-state index contributed by atoms with van der Waals surface area (Å²) in [4.78, 5) is 23.5. The van der Waals surface area contributed by atoms with E-state index in [0.29, 0.717) is 16.4 Å². The monoisotopic (exact) mass is 317 g/mol. The number of carboxylic acid groups (broad SMARTS) is 1. The van der Waals surface area contributed by atoms with Crippen LogP contribution in [0, 0.1) is 5.82 Å². The van der Waals surface area contributed by atoms with Crippen molar-refractivity contribution in [2.45, 2.75) is 25.9 Å². The van der Waals surface area contributed by atoms with E-state index in [0.717, 1.165) is 0 Å². The summed E-state index contributed by atoms with van der Waals surface area (Å²) in [6.45, 7) is 3.42. The maximum Gasteiger partial charge on any atom is 0.331 e. The van der Waals surface area contributed by atoms with Crippen molar-refractivity contribution in [1.29, 1.82) is 0 Å². The molecule has 0 radical (unpaired) electrons. The van der Waals surface area contributed by atoms with Gasteiger partial charge in [-0.3, -0.25) is 4.79 Å². The number of rotatable bonds is 5. The predicted octanol–water partition coefficient (Wildman–Crippen LogP) is 2.58. The summed E-state index contributed by atoms with van der Waals surface area (Å²) >= 11 is 3.12. The maximum atomic E-state index is 13.0. The summed E-state index contributed by atoms with van der Waals surface area (Å²) in [5.41, 5.74) is 0.338. The molecule has 0 saturated carbocycles. The van der Waals surface area contributed by atoms with Crippen molar-refractivity contribution in [2.75, 3.05) is 0 Å². The van der Waals surface area contributed by atoms with Crippen LogP contribution in [0.25, 0.3) is 0 Å². The fourth-order valence-corrected chi connectivity index (χ4v) is 2.19. The van der Waals surface area contributed by atoms with Gasteiger partial charge in [-0.15, -0.1) is 0 Å². The zero-order valence-electron chi connectivity index (χ0n) is 9.93. The molecule has 1 unspecified atom stereocenters. The SMILES string of the molecule is CC(C)N(C=O)C(C(=O)O)c1ccc(F)cc1Br. The van der Waals surface area contributed by atoms with Gasteiger partial charge in [0.05, 0.1) is 0 Å². The Hall–Kier alpha value is -1.43. The van der Waals surface area contributed by atoms with Gasteiger partial charge in [-0.25, -0.2) is 9.18 Å². The molecular weight excluding hydrogens is 305 g/mol. The lowest BCUT2D eigenvalue weighted by Gasteiger charge is -2.29. The second-order valence-electron chi connectivity index (χ2n) is 4.05. The number of benzene rings is 1. The Morgan fingerprint density at radius 2 is 2.11 bits per heavy atom. The van der Waals surface area contributed by atoms with Crippen LogP contribution in [0.1, 0.15) is 25.5 Å². The van der Waals surface area contributed by atoms with Crippen molar-refractivity contribution in [3.63, 3.8) is 0 Å². The molecular formula is C12H13BrFNO3. The molecule has 0 spiro atoms. The summed E-state index contributed by atoms with van der Waals surface area (Å²) in [6.07, 6.45) is 0.485. The van der Waals surface area contributed by atoms with E-state index in [1.54, 1.807) is 13.8 Å². The summed E-state index contributed by atoms with van der Waals surface area (Å²) in [6, 6.07) is 2.28. The average Bonchev–Trinajstić information content (AvgIpc) is 2.26. The lowest BCUT2D eigenvalue weighted by Crippen LogP contribution is -2.38. The molecule has 1 atom stereocenters. The fourth-order valence-electron chi connectivity index (χ4n) is 1.63. The first-order valence-electron chi connectivity index (χ1n) is 5.29. The van der Waals surface area contributed by atoms with E-state index in [9.17, 15) is 19.1 Å². The van der Waals surface area contributed by atoms with Crippen LogP contribution in [-0.2, 0) is 9.59 Å². The summed E-state index contributed by atoms with van der Waals surface area (Å²) in [5, 5.41) is 9.26. The Morgan fingerprint density at radius 1 is 1.50 bits per heavy atom. The van der Waals surface area contributed by atoms with Crippen molar-refractivity contribution in [2.24, 2.45) is 0 Å². The highest BCUT2D eigenvalue weighted by molar-refractivity contribution is 9.10. The van der Waals surface area contributed by atoms with Gasteiger partial charge in [0, 0.05) is 16.1 Å². The van der Waals surface area contributed by atoms with Gasteiger partial charge in [0.1, 0.15) is 5.82 Å². The van der Waals surface area contributed by atoms with Crippen LogP contribution >= 0.6 is 15.9 Å². The van der Waals surface area contributed by atoms with E-state index >= 15 is 0 Å². The molecule has 0 bridgehead atoms. The second kappa shape index (κ2) is 5.95. The summed E-state index contributed by atoms with van der Waals surface area (Å²) < 4.78 is 13.3. The molecule has 0 fully saturated rings.